The highest BCUT2D eigenvalue weighted by Gasteiger charge is 2.24. The van der Waals surface area contributed by atoms with E-state index in [0.717, 1.165) is 6.54 Å². The molecule has 1 atom stereocenters. The van der Waals surface area contributed by atoms with Crippen molar-refractivity contribution in [3.63, 3.8) is 0 Å². The lowest BCUT2D eigenvalue weighted by Crippen LogP contribution is -2.12. The van der Waals surface area contributed by atoms with Gasteiger partial charge in [0.25, 0.3) is 0 Å². The smallest absolute Gasteiger partial charge is 0.0679 e. The first-order chi connectivity index (χ1) is 7.36. The van der Waals surface area contributed by atoms with E-state index < -0.39 is 0 Å². The average molecular weight is 215 g/mol. The van der Waals surface area contributed by atoms with Crippen molar-refractivity contribution in [1.82, 2.24) is 5.32 Å². The van der Waals surface area contributed by atoms with Crippen molar-refractivity contribution < 1.29 is 0 Å². The maximum absolute atomic E-state index is 3.58. The molecule has 2 aromatic rings. The Morgan fingerprint density at radius 3 is 2.93 bits per heavy atom. The largest absolute Gasteiger partial charge is 0.301 e. The Labute approximate surface area is 93.8 Å². The van der Waals surface area contributed by atoms with E-state index in [-0.39, 0.29) is 0 Å². The molecule has 0 aliphatic carbocycles. The molecule has 0 radical (unpaired) electrons. The van der Waals surface area contributed by atoms with Crippen molar-refractivity contribution in [2.75, 3.05) is 0 Å². The number of nitrogens with one attached hydrogen (secondary N) is 1. The summed E-state index contributed by atoms with van der Waals surface area (Å²) in [7, 11) is 0. The molecule has 1 aliphatic heterocycles. The van der Waals surface area contributed by atoms with E-state index in [1.807, 2.05) is 11.3 Å². The molecule has 76 valence electrons. The maximum atomic E-state index is 3.58. The Bertz CT molecular complexity index is 487. The van der Waals surface area contributed by atoms with Crippen molar-refractivity contribution in [1.29, 1.82) is 0 Å². The lowest BCUT2D eigenvalue weighted by atomic mass is 10.0. The summed E-state index contributed by atoms with van der Waals surface area (Å²) in [6.07, 6.45) is 0. The number of fused-ring (bicyclic) bond motifs is 1. The van der Waals surface area contributed by atoms with Crippen molar-refractivity contribution in [3.05, 3.63) is 57.3 Å². The molecule has 0 spiro atoms. The van der Waals surface area contributed by atoms with E-state index in [9.17, 15) is 0 Å². The maximum Gasteiger partial charge on any atom is 0.0679 e. The zero-order chi connectivity index (χ0) is 10.3. The Balaban J connectivity index is 2.08. The van der Waals surface area contributed by atoms with Crippen LogP contribution >= 0.6 is 11.3 Å². The van der Waals surface area contributed by atoms with Crippen LogP contribution < -0.4 is 5.32 Å². The van der Waals surface area contributed by atoms with Gasteiger partial charge in [0.2, 0.25) is 0 Å². The van der Waals surface area contributed by atoms with Gasteiger partial charge < -0.3 is 5.32 Å². The number of aryl methyl sites for hydroxylation is 1. The molecule has 15 heavy (non-hydrogen) atoms. The summed E-state index contributed by atoms with van der Waals surface area (Å²) < 4.78 is 0. The molecule has 1 aromatic carbocycles. The van der Waals surface area contributed by atoms with Gasteiger partial charge in [0, 0.05) is 11.4 Å². The third-order valence-electron chi connectivity index (χ3n) is 3.03. The predicted molar refractivity (Wildman–Crippen MR) is 64.2 cm³/mol. The normalized spacial score (nSPS) is 19.1. The van der Waals surface area contributed by atoms with Crippen LogP contribution in [0.3, 0.4) is 0 Å². The summed E-state index contributed by atoms with van der Waals surface area (Å²) in [5, 5.41) is 5.75. The molecule has 1 aliphatic rings. The van der Waals surface area contributed by atoms with Gasteiger partial charge in [-0.15, -0.1) is 11.3 Å². The van der Waals surface area contributed by atoms with Crippen molar-refractivity contribution >= 4 is 11.3 Å². The molecule has 0 fully saturated rings. The Morgan fingerprint density at radius 1 is 1.27 bits per heavy atom. The van der Waals surface area contributed by atoms with Gasteiger partial charge in [-0.25, -0.2) is 0 Å². The van der Waals surface area contributed by atoms with Crippen molar-refractivity contribution in [2.45, 2.75) is 19.5 Å². The zero-order valence-corrected chi connectivity index (χ0v) is 9.47. The second-order valence-corrected chi connectivity index (χ2v) is 4.93. The average Bonchev–Trinajstić information content (AvgIpc) is 2.83. The first-order valence-corrected chi connectivity index (χ1v) is 6.09. The van der Waals surface area contributed by atoms with Crippen LogP contribution in [-0.2, 0) is 6.54 Å². The molecule has 2 heterocycles. The van der Waals surface area contributed by atoms with Crippen LogP contribution in [0.1, 0.15) is 27.6 Å². The van der Waals surface area contributed by atoms with Gasteiger partial charge in [-0.05, 0) is 35.1 Å². The van der Waals surface area contributed by atoms with Crippen molar-refractivity contribution in [2.24, 2.45) is 0 Å². The highest BCUT2D eigenvalue weighted by Crippen LogP contribution is 2.34. The number of benzene rings is 1. The molecule has 1 nitrogen and oxygen atoms in total. The summed E-state index contributed by atoms with van der Waals surface area (Å²) in [5.74, 6) is 0. The van der Waals surface area contributed by atoms with Gasteiger partial charge in [0.05, 0.1) is 6.04 Å². The van der Waals surface area contributed by atoms with E-state index in [1.165, 1.54) is 21.6 Å². The van der Waals surface area contributed by atoms with E-state index in [1.54, 1.807) is 0 Å². The third kappa shape index (κ3) is 1.41. The lowest BCUT2D eigenvalue weighted by Gasteiger charge is -2.11. The van der Waals surface area contributed by atoms with Gasteiger partial charge in [0.1, 0.15) is 0 Å². The van der Waals surface area contributed by atoms with Gasteiger partial charge in [-0.3, -0.25) is 0 Å². The van der Waals surface area contributed by atoms with Crippen LogP contribution in [0, 0.1) is 6.92 Å². The minimum absolute atomic E-state index is 0.418. The highest BCUT2D eigenvalue weighted by atomic mass is 32.1. The monoisotopic (exact) mass is 215 g/mol. The highest BCUT2D eigenvalue weighted by molar-refractivity contribution is 7.10. The first kappa shape index (κ1) is 9.13. The quantitative estimate of drug-likeness (QED) is 0.770. The topological polar surface area (TPSA) is 12.0 Å². The second-order valence-electron chi connectivity index (χ2n) is 3.98. The first-order valence-electron chi connectivity index (χ1n) is 5.21. The number of hydrogen-bond acceptors (Lipinski definition) is 2. The summed E-state index contributed by atoms with van der Waals surface area (Å²) in [4.78, 5) is 1.46. The fourth-order valence-electron chi connectivity index (χ4n) is 2.21. The van der Waals surface area contributed by atoms with Crippen LogP contribution in [0.15, 0.2) is 35.7 Å². The summed E-state index contributed by atoms with van der Waals surface area (Å²) >= 11 is 1.85. The fourth-order valence-corrected chi connectivity index (χ4v) is 3.23. The SMILES string of the molecule is Cc1ccsc1C1NCc2ccccc21. The van der Waals surface area contributed by atoms with E-state index in [2.05, 4.69) is 48.0 Å². The molecule has 1 unspecified atom stereocenters. The van der Waals surface area contributed by atoms with Gasteiger partial charge in [-0.2, -0.15) is 0 Å². The summed E-state index contributed by atoms with van der Waals surface area (Å²) in [5.41, 5.74) is 4.28. The number of thiophene rings is 1. The van der Waals surface area contributed by atoms with E-state index >= 15 is 0 Å². The van der Waals surface area contributed by atoms with Crippen LogP contribution in [0.4, 0.5) is 0 Å². The molecule has 3 rings (SSSR count). The van der Waals surface area contributed by atoms with Gasteiger partial charge in [-0.1, -0.05) is 24.3 Å². The molecule has 2 heteroatoms. The van der Waals surface area contributed by atoms with Crippen LogP contribution in [-0.4, -0.2) is 0 Å². The molecule has 0 amide bonds. The molecule has 0 bridgehead atoms. The molecule has 1 N–H and O–H groups in total. The molecular weight excluding hydrogens is 202 g/mol. The third-order valence-corrected chi connectivity index (χ3v) is 4.11. The van der Waals surface area contributed by atoms with Crippen molar-refractivity contribution in [3.8, 4) is 0 Å². The Kier molecular flexibility index (Phi) is 2.11. The summed E-state index contributed by atoms with van der Waals surface area (Å²) in [6, 6.07) is 11.3. The lowest BCUT2D eigenvalue weighted by molar-refractivity contribution is 0.674. The minimum Gasteiger partial charge on any atom is -0.301 e. The van der Waals surface area contributed by atoms with Crippen LogP contribution in [0.2, 0.25) is 0 Å². The number of hydrogen-bond donors (Lipinski definition) is 1. The minimum atomic E-state index is 0.418. The van der Waals surface area contributed by atoms with E-state index in [0.29, 0.717) is 6.04 Å². The van der Waals surface area contributed by atoms with Crippen LogP contribution in [0.25, 0.3) is 0 Å². The van der Waals surface area contributed by atoms with E-state index in [4.69, 9.17) is 0 Å². The molecular formula is C13H13NS. The van der Waals surface area contributed by atoms with Crippen LogP contribution in [0.5, 0.6) is 0 Å². The fraction of sp³-hybridized carbons (Fsp3) is 0.231. The molecule has 0 saturated heterocycles. The Hall–Kier alpha value is -1.12. The summed E-state index contributed by atoms with van der Waals surface area (Å²) in [6.45, 7) is 3.19. The Morgan fingerprint density at radius 2 is 2.13 bits per heavy atom. The zero-order valence-electron chi connectivity index (χ0n) is 8.66. The predicted octanol–water partition coefficient (Wildman–Crippen LogP) is 3.25. The number of rotatable bonds is 1. The standard InChI is InChI=1S/C13H13NS/c1-9-6-7-15-13(9)12-11-5-3-2-4-10(11)8-14-12/h2-7,12,14H,8H2,1H3. The molecule has 1 aromatic heterocycles. The molecule has 0 saturated carbocycles. The van der Waals surface area contributed by atoms with Gasteiger partial charge >= 0.3 is 0 Å². The van der Waals surface area contributed by atoms with Gasteiger partial charge in [0.15, 0.2) is 0 Å². The second kappa shape index (κ2) is 3.47.